The van der Waals surface area contributed by atoms with Gasteiger partial charge in [0.05, 0.1) is 17.1 Å². The number of benzene rings is 2. The number of nitrogens with two attached hydrogens (primary N) is 1. The second-order valence-electron chi connectivity index (χ2n) is 6.71. The molecule has 0 saturated heterocycles. The molecule has 0 fully saturated rings. The lowest BCUT2D eigenvalue weighted by Gasteiger charge is -2.13. The van der Waals surface area contributed by atoms with Crippen LogP contribution in [0.1, 0.15) is 18.4 Å². The quantitative estimate of drug-likeness (QED) is 0.572. The van der Waals surface area contributed by atoms with E-state index < -0.39 is 11.8 Å². The van der Waals surface area contributed by atoms with Gasteiger partial charge in [0.25, 0.3) is 0 Å². The van der Waals surface area contributed by atoms with Crippen LogP contribution in [0.4, 0.5) is 0 Å². The Balaban J connectivity index is 1.98. The van der Waals surface area contributed by atoms with Gasteiger partial charge >= 0.3 is 0 Å². The number of primary amides is 1. The van der Waals surface area contributed by atoms with E-state index in [0.717, 1.165) is 16.8 Å². The van der Waals surface area contributed by atoms with E-state index in [4.69, 9.17) is 5.73 Å². The topological polar surface area (TPSA) is 107 Å². The zero-order chi connectivity index (χ0) is 19.8. The molecule has 7 heteroatoms. The molecule has 0 spiro atoms. The molecule has 0 aliphatic rings. The molecule has 7 nitrogen and oxygen atoms in total. The number of fused-ring (bicyclic) bond motifs is 1. The number of carbonyl (C=O) groups excluding carboxylic acids is 1. The van der Waals surface area contributed by atoms with E-state index in [-0.39, 0.29) is 5.75 Å². The third-order valence-electron chi connectivity index (χ3n) is 4.81. The van der Waals surface area contributed by atoms with Gasteiger partial charge in [-0.2, -0.15) is 5.10 Å². The van der Waals surface area contributed by atoms with Gasteiger partial charge in [0.1, 0.15) is 17.8 Å². The molecule has 0 radical (unpaired) electrons. The Morgan fingerprint density at radius 2 is 1.89 bits per heavy atom. The average Bonchev–Trinajstić information content (AvgIpc) is 3.08. The Bertz CT molecular complexity index is 1180. The van der Waals surface area contributed by atoms with Crippen LogP contribution in [0.25, 0.3) is 33.4 Å². The summed E-state index contributed by atoms with van der Waals surface area (Å²) >= 11 is 0. The summed E-state index contributed by atoms with van der Waals surface area (Å²) in [5.74, 6) is -1.17. The number of rotatable bonds is 4. The maximum absolute atomic E-state index is 11.7. The summed E-state index contributed by atoms with van der Waals surface area (Å²) in [5, 5.41) is 15.7. The van der Waals surface area contributed by atoms with Gasteiger partial charge in [-0.25, -0.2) is 9.97 Å². The number of aromatic nitrogens is 4. The number of carbonyl (C=O) groups is 1. The smallest absolute Gasteiger partial charge is 0.224 e. The van der Waals surface area contributed by atoms with E-state index in [1.54, 1.807) is 17.7 Å². The van der Waals surface area contributed by atoms with Crippen molar-refractivity contribution in [3.8, 4) is 28.3 Å². The van der Waals surface area contributed by atoms with E-state index in [1.165, 1.54) is 12.4 Å². The molecule has 2 aromatic heterocycles. The van der Waals surface area contributed by atoms with Crippen molar-refractivity contribution in [3.05, 3.63) is 60.6 Å². The molecule has 3 N–H and O–H groups in total. The number of phenolic OH excluding ortho intramolecular Hbond substituents is 1. The van der Waals surface area contributed by atoms with Crippen LogP contribution in [0.3, 0.4) is 0 Å². The van der Waals surface area contributed by atoms with Crippen molar-refractivity contribution in [2.24, 2.45) is 12.8 Å². The van der Waals surface area contributed by atoms with Crippen LogP contribution in [0.2, 0.25) is 0 Å². The van der Waals surface area contributed by atoms with Crippen LogP contribution in [-0.4, -0.2) is 30.8 Å². The first-order valence-electron chi connectivity index (χ1n) is 8.82. The van der Waals surface area contributed by atoms with Gasteiger partial charge in [0, 0.05) is 41.4 Å². The van der Waals surface area contributed by atoms with Gasteiger partial charge < -0.3 is 10.8 Å². The minimum atomic E-state index is -0.639. The van der Waals surface area contributed by atoms with Crippen LogP contribution in [-0.2, 0) is 11.8 Å². The van der Waals surface area contributed by atoms with Crippen LogP contribution in [0.15, 0.2) is 55.0 Å². The summed E-state index contributed by atoms with van der Waals surface area (Å²) in [6.45, 7) is 1.66. The third-order valence-corrected chi connectivity index (χ3v) is 4.81. The highest BCUT2D eigenvalue weighted by atomic mass is 16.3. The molecule has 2 aromatic carbocycles. The van der Waals surface area contributed by atoms with E-state index in [1.807, 2.05) is 43.6 Å². The maximum Gasteiger partial charge on any atom is 0.224 e. The molecule has 2 heterocycles. The summed E-state index contributed by atoms with van der Waals surface area (Å²) in [7, 11) is 1.85. The van der Waals surface area contributed by atoms with Crippen molar-refractivity contribution in [3.63, 3.8) is 0 Å². The first-order valence-corrected chi connectivity index (χ1v) is 8.82. The predicted molar refractivity (Wildman–Crippen MR) is 106 cm³/mol. The van der Waals surface area contributed by atoms with E-state index in [0.29, 0.717) is 22.2 Å². The van der Waals surface area contributed by atoms with Crippen LogP contribution >= 0.6 is 0 Å². The first kappa shape index (κ1) is 17.7. The summed E-state index contributed by atoms with van der Waals surface area (Å²) in [5.41, 5.74) is 9.73. The summed E-state index contributed by atoms with van der Waals surface area (Å²) < 4.78 is 1.74. The maximum atomic E-state index is 11.7. The second kappa shape index (κ2) is 6.77. The van der Waals surface area contributed by atoms with E-state index >= 15 is 0 Å². The fraction of sp³-hybridized carbons (Fsp3) is 0.143. The van der Waals surface area contributed by atoms with Gasteiger partial charge in [0.2, 0.25) is 5.91 Å². The molecule has 0 saturated carbocycles. The number of aromatic hydroxyl groups is 1. The predicted octanol–water partition coefficient (Wildman–Crippen LogP) is 2.99. The second-order valence-corrected chi connectivity index (χ2v) is 6.71. The monoisotopic (exact) mass is 373 g/mol. The van der Waals surface area contributed by atoms with Crippen LogP contribution < -0.4 is 5.73 Å². The normalized spacial score (nSPS) is 12.2. The molecule has 0 bridgehead atoms. The number of phenols is 1. The van der Waals surface area contributed by atoms with Crippen molar-refractivity contribution in [2.75, 3.05) is 0 Å². The zero-order valence-corrected chi connectivity index (χ0v) is 15.5. The van der Waals surface area contributed by atoms with Crippen LogP contribution in [0, 0.1) is 0 Å². The van der Waals surface area contributed by atoms with Gasteiger partial charge in [-0.3, -0.25) is 9.48 Å². The Kier molecular flexibility index (Phi) is 4.27. The van der Waals surface area contributed by atoms with Crippen molar-refractivity contribution in [2.45, 2.75) is 12.8 Å². The van der Waals surface area contributed by atoms with Gasteiger partial charge in [-0.1, -0.05) is 30.3 Å². The Morgan fingerprint density at radius 1 is 1.14 bits per heavy atom. The van der Waals surface area contributed by atoms with Crippen molar-refractivity contribution in [1.29, 1.82) is 0 Å². The number of hydrogen-bond donors (Lipinski definition) is 2. The lowest BCUT2D eigenvalue weighted by atomic mass is 9.95. The molecule has 140 valence electrons. The molecule has 4 rings (SSSR count). The Labute approximate surface area is 161 Å². The minimum Gasteiger partial charge on any atom is -0.508 e. The molecule has 0 aliphatic heterocycles. The summed E-state index contributed by atoms with van der Waals surface area (Å²) in [4.78, 5) is 20.4. The molecular weight excluding hydrogens is 354 g/mol. The van der Waals surface area contributed by atoms with Gasteiger partial charge in [0.15, 0.2) is 0 Å². The standard InChI is InChI=1S/C21H19N5O2/c1-12(21(22)28)14-8-15-17(9-18(14)27)23-11-24-20(15)16-10-26(2)25-19(16)13-6-4-3-5-7-13/h3-12,27H,1-2H3,(H2,22,28). The van der Waals surface area contributed by atoms with E-state index in [9.17, 15) is 9.90 Å². The average molecular weight is 373 g/mol. The third kappa shape index (κ3) is 2.96. The number of hydrogen-bond acceptors (Lipinski definition) is 5. The van der Waals surface area contributed by atoms with Crippen molar-refractivity contribution < 1.29 is 9.90 Å². The molecule has 28 heavy (non-hydrogen) atoms. The Morgan fingerprint density at radius 3 is 2.61 bits per heavy atom. The van der Waals surface area contributed by atoms with Crippen LogP contribution in [0.5, 0.6) is 5.75 Å². The lowest BCUT2D eigenvalue weighted by Crippen LogP contribution is -2.18. The summed E-state index contributed by atoms with van der Waals surface area (Å²) in [6.07, 6.45) is 3.35. The minimum absolute atomic E-state index is 0.0158. The number of aryl methyl sites for hydroxylation is 1. The largest absolute Gasteiger partial charge is 0.508 e. The zero-order valence-electron chi connectivity index (χ0n) is 15.5. The van der Waals surface area contributed by atoms with E-state index in [2.05, 4.69) is 15.1 Å². The number of amides is 1. The van der Waals surface area contributed by atoms with Gasteiger partial charge in [-0.05, 0) is 13.0 Å². The van der Waals surface area contributed by atoms with Crippen molar-refractivity contribution >= 4 is 16.8 Å². The van der Waals surface area contributed by atoms with Gasteiger partial charge in [-0.15, -0.1) is 0 Å². The molecule has 1 amide bonds. The fourth-order valence-electron chi connectivity index (χ4n) is 3.29. The highest BCUT2D eigenvalue weighted by Gasteiger charge is 2.21. The molecule has 4 aromatic rings. The lowest BCUT2D eigenvalue weighted by molar-refractivity contribution is -0.119. The Hall–Kier alpha value is -3.74. The molecule has 1 unspecified atom stereocenters. The van der Waals surface area contributed by atoms with Crippen molar-refractivity contribution in [1.82, 2.24) is 19.7 Å². The fourth-order valence-corrected chi connectivity index (χ4v) is 3.29. The molecular formula is C21H19N5O2. The molecule has 0 aliphatic carbocycles. The SMILES string of the molecule is CC(C(N)=O)c1cc2c(-c3cn(C)nc3-c3ccccc3)ncnc2cc1O. The molecule has 1 atom stereocenters. The summed E-state index contributed by atoms with van der Waals surface area (Å²) in [6, 6.07) is 13.1. The highest BCUT2D eigenvalue weighted by Crippen LogP contribution is 2.37. The number of nitrogens with zero attached hydrogens (tertiary/aromatic N) is 4. The first-order chi connectivity index (χ1) is 13.5. The highest BCUT2D eigenvalue weighted by molar-refractivity contribution is 5.97.